The van der Waals surface area contributed by atoms with Gasteiger partial charge in [0.25, 0.3) is 0 Å². The predicted octanol–water partition coefficient (Wildman–Crippen LogP) is 3.06. The third-order valence-corrected chi connectivity index (χ3v) is 7.62. The topological polar surface area (TPSA) is 124 Å². The molecule has 5 atom stereocenters. The highest BCUT2D eigenvalue weighted by Gasteiger charge is 2.72. The lowest BCUT2D eigenvalue weighted by molar-refractivity contribution is -0.128. The van der Waals surface area contributed by atoms with Crippen LogP contribution < -0.4 is 9.64 Å². The van der Waals surface area contributed by atoms with Gasteiger partial charge in [-0.3, -0.25) is 9.59 Å². The van der Waals surface area contributed by atoms with Gasteiger partial charge in [0, 0.05) is 23.6 Å². The zero-order valence-electron chi connectivity index (χ0n) is 19.1. The number of imide groups is 1. The van der Waals surface area contributed by atoms with E-state index >= 15 is 0 Å². The van der Waals surface area contributed by atoms with Gasteiger partial charge in [-0.1, -0.05) is 24.3 Å². The van der Waals surface area contributed by atoms with Crippen LogP contribution in [0.3, 0.4) is 0 Å². The first-order valence-electron chi connectivity index (χ1n) is 11.8. The maximum Gasteiger partial charge on any atom is 0.240 e. The van der Waals surface area contributed by atoms with Crippen molar-refractivity contribution < 1.29 is 24.2 Å². The monoisotopic (exact) mass is 479 g/mol. The van der Waals surface area contributed by atoms with E-state index in [-0.39, 0.29) is 18.9 Å². The summed E-state index contributed by atoms with van der Waals surface area (Å²) in [4.78, 5) is 28.6. The van der Waals surface area contributed by atoms with Crippen molar-refractivity contribution in [3.8, 4) is 17.9 Å². The van der Waals surface area contributed by atoms with Gasteiger partial charge in [-0.2, -0.15) is 10.5 Å². The average molecular weight is 479 g/mol. The van der Waals surface area contributed by atoms with Crippen molar-refractivity contribution in [1.82, 2.24) is 0 Å². The molecular weight excluding hydrogens is 458 g/mol. The summed E-state index contributed by atoms with van der Waals surface area (Å²) < 4.78 is 12.0. The number of hydrogen-bond acceptors (Lipinski definition) is 7. The molecule has 0 aliphatic carbocycles. The molecule has 1 N–H and O–H groups in total. The summed E-state index contributed by atoms with van der Waals surface area (Å²) in [6.45, 7) is 0.218. The van der Waals surface area contributed by atoms with Gasteiger partial charge < -0.3 is 14.6 Å². The van der Waals surface area contributed by atoms with Crippen LogP contribution in [0.5, 0.6) is 5.75 Å². The van der Waals surface area contributed by atoms with Gasteiger partial charge in [0.05, 0.1) is 65.2 Å². The number of aliphatic hydroxyl groups is 1. The molecule has 3 heterocycles. The van der Waals surface area contributed by atoms with Crippen molar-refractivity contribution in [3.05, 3.63) is 71.8 Å². The van der Waals surface area contributed by atoms with Crippen LogP contribution in [-0.2, 0) is 14.3 Å². The van der Waals surface area contributed by atoms with Crippen molar-refractivity contribution in [3.63, 3.8) is 0 Å². The number of fused-ring (bicyclic) bond motifs is 6. The Morgan fingerprint density at radius 1 is 1.00 bits per heavy atom. The Balaban J connectivity index is 1.31. The Morgan fingerprint density at radius 2 is 1.75 bits per heavy atom. The molecule has 0 spiro atoms. The molecule has 3 aromatic carbocycles. The minimum atomic E-state index is -1.01. The second-order valence-corrected chi connectivity index (χ2v) is 9.46. The fraction of sp³-hybridized carbons (Fsp3) is 0.286. The number of benzene rings is 3. The van der Waals surface area contributed by atoms with E-state index in [9.17, 15) is 20.0 Å². The van der Waals surface area contributed by atoms with Crippen molar-refractivity contribution in [2.24, 2.45) is 11.8 Å². The number of amides is 2. The van der Waals surface area contributed by atoms with Gasteiger partial charge in [0.15, 0.2) is 0 Å². The van der Waals surface area contributed by atoms with E-state index in [1.54, 1.807) is 54.6 Å². The smallest absolute Gasteiger partial charge is 0.240 e. The van der Waals surface area contributed by atoms with Gasteiger partial charge in [0.2, 0.25) is 11.8 Å². The second kappa shape index (κ2) is 8.17. The lowest BCUT2D eigenvalue weighted by Crippen LogP contribution is -2.45. The Kier molecular flexibility index (Phi) is 5.04. The van der Waals surface area contributed by atoms with Crippen LogP contribution in [0, 0.1) is 34.5 Å². The summed E-state index contributed by atoms with van der Waals surface area (Å²) in [6.07, 6.45) is -1.04. The number of carbonyl (C=O) groups excluding carboxylic acids is 2. The largest absolute Gasteiger partial charge is 0.493 e. The fourth-order valence-corrected chi connectivity index (χ4v) is 6.05. The predicted molar refractivity (Wildman–Crippen MR) is 128 cm³/mol. The number of nitrogens with zero attached hydrogens (tertiary/aromatic N) is 3. The molecule has 3 aromatic rings. The zero-order chi connectivity index (χ0) is 25.0. The molecule has 0 radical (unpaired) electrons. The molecular formula is C28H21N3O5. The van der Waals surface area contributed by atoms with Crippen LogP contribution in [0.1, 0.15) is 24.0 Å². The lowest BCUT2D eigenvalue weighted by atomic mass is 9.70. The summed E-state index contributed by atoms with van der Waals surface area (Å²) in [5.41, 5.74) is 0.413. The molecule has 2 amide bonds. The molecule has 6 rings (SSSR count). The number of hydrogen-bond donors (Lipinski definition) is 1. The van der Waals surface area contributed by atoms with Crippen LogP contribution in [0.25, 0.3) is 10.8 Å². The highest BCUT2D eigenvalue weighted by atomic mass is 16.5. The van der Waals surface area contributed by atoms with E-state index in [1.807, 2.05) is 6.07 Å². The Labute approximate surface area is 206 Å². The first-order valence-corrected chi connectivity index (χ1v) is 11.8. The van der Waals surface area contributed by atoms with Crippen LogP contribution in [0.2, 0.25) is 0 Å². The number of carbonyl (C=O) groups is 2. The summed E-state index contributed by atoms with van der Waals surface area (Å²) in [6, 6.07) is 21.4. The highest BCUT2D eigenvalue weighted by molar-refractivity contribution is 6.26. The fourth-order valence-electron chi connectivity index (χ4n) is 6.05. The first kappa shape index (κ1) is 22.2. The minimum absolute atomic E-state index is 0.218. The summed E-state index contributed by atoms with van der Waals surface area (Å²) in [7, 11) is 0. The molecule has 3 fully saturated rings. The molecule has 8 heteroatoms. The third kappa shape index (κ3) is 3.12. The Hall–Kier alpha value is -4.24. The molecule has 36 heavy (non-hydrogen) atoms. The van der Waals surface area contributed by atoms with Crippen LogP contribution in [0.15, 0.2) is 60.7 Å². The number of anilines is 1. The summed E-state index contributed by atoms with van der Waals surface area (Å²) >= 11 is 0. The van der Waals surface area contributed by atoms with E-state index in [0.29, 0.717) is 39.8 Å². The van der Waals surface area contributed by atoms with Crippen LogP contribution in [-0.4, -0.2) is 41.3 Å². The molecule has 178 valence electrons. The highest BCUT2D eigenvalue weighted by Crippen LogP contribution is 2.57. The normalized spacial score (nSPS) is 28.2. The maximum atomic E-state index is 13.8. The van der Waals surface area contributed by atoms with Gasteiger partial charge in [0.1, 0.15) is 5.75 Å². The molecule has 0 aromatic heterocycles. The van der Waals surface area contributed by atoms with E-state index in [0.717, 1.165) is 0 Å². The SMILES string of the molecule is N#Cc1ccc(OCCC23C[C@H](O)C(O2)C2C(=O)N(c4ccc(C#N)c5ccccc45)C(=O)[C@@H]23)cc1. The molecule has 3 saturated heterocycles. The molecule has 3 aliphatic heterocycles. The van der Waals surface area contributed by atoms with Gasteiger partial charge in [-0.15, -0.1) is 0 Å². The van der Waals surface area contributed by atoms with Crippen molar-refractivity contribution >= 4 is 28.3 Å². The number of nitriles is 2. The van der Waals surface area contributed by atoms with Crippen molar-refractivity contribution in [2.75, 3.05) is 11.5 Å². The summed E-state index contributed by atoms with van der Waals surface area (Å²) in [5.74, 6) is -1.66. The quantitative estimate of drug-likeness (QED) is 0.558. The Morgan fingerprint density at radius 3 is 2.47 bits per heavy atom. The number of rotatable bonds is 5. The standard InChI is InChI=1S/C28H21N3O5/c29-14-16-5-8-18(9-6-16)35-12-11-28-13-22(32)25(36-28)23-24(28)27(34)31(26(23)33)21-10-7-17(15-30)19-3-1-2-4-20(19)21/h1-10,22-25,32H,11-13H2/t22-,23?,24+,25?,28?/m0/s1. The number of ether oxygens (including phenoxy) is 2. The van der Waals surface area contributed by atoms with Crippen molar-refractivity contribution in [1.29, 1.82) is 10.5 Å². The van der Waals surface area contributed by atoms with E-state index < -0.39 is 35.6 Å². The summed E-state index contributed by atoms with van der Waals surface area (Å²) in [5, 5.41) is 30.4. The van der Waals surface area contributed by atoms with Gasteiger partial charge in [-0.25, -0.2) is 4.90 Å². The molecule has 0 saturated carbocycles. The van der Waals surface area contributed by atoms with Gasteiger partial charge >= 0.3 is 0 Å². The number of aliphatic hydroxyl groups excluding tert-OH is 1. The van der Waals surface area contributed by atoms with E-state index in [2.05, 4.69) is 12.1 Å². The lowest BCUT2D eigenvalue weighted by Gasteiger charge is -2.32. The molecule has 3 aliphatic rings. The molecule has 2 bridgehead atoms. The first-order chi connectivity index (χ1) is 17.5. The second-order valence-electron chi connectivity index (χ2n) is 9.46. The van der Waals surface area contributed by atoms with E-state index in [4.69, 9.17) is 14.7 Å². The van der Waals surface area contributed by atoms with E-state index in [1.165, 1.54) is 4.90 Å². The Bertz CT molecular complexity index is 1490. The molecule has 8 nitrogen and oxygen atoms in total. The van der Waals surface area contributed by atoms with Gasteiger partial charge in [-0.05, 0) is 36.4 Å². The molecule has 3 unspecified atom stereocenters. The zero-order valence-corrected chi connectivity index (χ0v) is 19.1. The maximum absolute atomic E-state index is 13.8. The van der Waals surface area contributed by atoms with Crippen molar-refractivity contribution in [2.45, 2.75) is 30.7 Å². The third-order valence-electron chi connectivity index (χ3n) is 7.62. The average Bonchev–Trinajstić information content (AvgIpc) is 3.50. The van der Waals surface area contributed by atoms with Crippen LogP contribution in [0.4, 0.5) is 5.69 Å². The minimum Gasteiger partial charge on any atom is -0.493 e. The van der Waals surface area contributed by atoms with Crippen LogP contribution >= 0.6 is 0 Å².